The average Bonchev–Trinajstić information content (AvgIpc) is 3.42. The van der Waals surface area contributed by atoms with Crippen LogP contribution in [0.4, 0.5) is 0 Å². The van der Waals surface area contributed by atoms with E-state index in [-0.39, 0.29) is 29.4 Å². The van der Waals surface area contributed by atoms with Crippen LogP contribution in [-0.4, -0.2) is 71.6 Å². The molecule has 0 spiro atoms. The average molecular weight is 531 g/mol. The van der Waals surface area contributed by atoms with Gasteiger partial charge in [-0.25, -0.2) is 0 Å². The number of guanidine groups is 1. The van der Waals surface area contributed by atoms with Crippen LogP contribution in [0.3, 0.4) is 0 Å². The quantitative estimate of drug-likeness (QED) is 0.228. The summed E-state index contributed by atoms with van der Waals surface area (Å²) in [6, 6.07) is 8.49. The molecule has 3 rings (SSSR count). The smallest absolute Gasteiger partial charge is 0.193 e. The van der Waals surface area contributed by atoms with Crippen LogP contribution in [0.25, 0.3) is 0 Å². The molecule has 6 nitrogen and oxygen atoms in total. The lowest BCUT2D eigenvalue weighted by Gasteiger charge is -2.33. The molecule has 2 aliphatic rings. The van der Waals surface area contributed by atoms with E-state index in [4.69, 9.17) is 14.2 Å². The van der Waals surface area contributed by atoms with E-state index in [1.165, 1.54) is 31.2 Å². The van der Waals surface area contributed by atoms with Crippen LogP contribution in [0, 0.1) is 5.92 Å². The third-order valence-corrected chi connectivity index (χ3v) is 6.41. The molecule has 1 aliphatic heterocycles. The molecule has 1 aromatic rings. The van der Waals surface area contributed by atoms with Gasteiger partial charge in [-0.15, -0.1) is 24.0 Å². The Labute approximate surface area is 198 Å². The summed E-state index contributed by atoms with van der Waals surface area (Å²) in [5.74, 6) is 2.56. The van der Waals surface area contributed by atoms with Crippen molar-refractivity contribution in [3.05, 3.63) is 29.8 Å². The fourth-order valence-corrected chi connectivity index (χ4v) is 4.81. The second-order valence-corrected chi connectivity index (χ2v) is 8.26. The number of ether oxygens (including phenoxy) is 3. The first-order valence-corrected chi connectivity index (χ1v) is 10.9. The minimum absolute atomic E-state index is 0. The van der Waals surface area contributed by atoms with Gasteiger partial charge in [-0.3, -0.25) is 4.99 Å². The Balaban J connectivity index is 0.00000320. The molecule has 1 aromatic carbocycles. The van der Waals surface area contributed by atoms with E-state index in [0.717, 1.165) is 44.4 Å². The van der Waals surface area contributed by atoms with Crippen LogP contribution in [0.1, 0.15) is 37.7 Å². The van der Waals surface area contributed by atoms with Gasteiger partial charge < -0.3 is 24.4 Å². The molecule has 1 heterocycles. The lowest BCUT2D eigenvalue weighted by atomic mass is 9.78. The van der Waals surface area contributed by atoms with Crippen LogP contribution in [-0.2, 0) is 14.9 Å². The molecular weight excluding hydrogens is 493 g/mol. The van der Waals surface area contributed by atoms with Crippen molar-refractivity contribution in [2.45, 2.75) is 37.5 Å². The minimum atomic E-state index is 0. The zero-order valence-corrected chi connectivity index (χ0v) is 21.0. The molecule has 170 valence electrons. The highest BCUT2D eigenvalue weighted by Crippen LogP contribution is 2.44. The van der Waals surface area contributed by atoms with E-state index < -0.39 is 0 Å². The number of halogens is 1. The molecule has 1 atom stereocenters. The van der Waals surface area contributed by atoms with Crippen molar-refractivity contribution in [1.82, 2.24) is 10.2 Å². The minimum Gasteiger partial charge on any atom is -0.496 e. The molecule has 1 unspecified atom stereocenters. The van der Waals surface area contributed by atoms with Gasteiger partial charge in [0.25, 0.3) is 0 Å². The first-order chi connectivity index (χ1) is 14.2. The normalized spacial score (nSPS) is 20.8. The van der Waals surface area contributed by atoms with Gasteiger partial charge in [0.2, 0.25) is 0 Å². The summed E-state index contributed by atoms with van der Waals surface area (Å²) < 4.78 is 16.5. The lowest BCUT2D eigenvalue weighted by Crippen LogP contribution is -2.46. The van der Waals surface area contributed by atoms with Crippen molar-refractivity contribution in [2.75, 3.05) is 60.7 Å². The molecule has 1 saturated heterocycles. The fourth-order valence-electron chi connectivity index (χ4n) is 4.81. The highest BCUT2D eigenvalue weighted by atomic mass is 127. The standard InChI is InChI=1S/C23H37N3O3.HI/c1-24-22(26-13-10-19(16-26)17-29-15-14-27-2)25-18-23(11-6-7-12-23)20-8-4-5-9-21(20)28-3;/h4-5,8-9,19H,6-7,10-18H2,1-3H3,(H,24,25);1H. The van der Waals surface area contributed by atoms with Crippen molar-refractivity contribution in [3.63, 3.8) is 0 Å². The largest absolute Gasteiger partial charge is 0.496 e. The molecule has 30 heavy (non-hydrogen) atoms. The second-order valence-electron chi connectivity index (χ2n) is 8.26. The Hall–Kier alpha value is -1.06. The summed E-state index contributed by atoms with van der Waals surface area (Å²) in [5.41, 5.74) is 1.44. The second kappa shape index (κ2) is 12.7. The van der Waals surface area contributed by atoms with Gasteiger partial charge in [0.15, 0.2) is 5.96 Å². The number of methoxy groups -OCH3 is 2. The van der Waals surface area contributed by atoms with Gasteiger partial charge >= 0.3 is 0 Å². The van der Waals surface area contributed by atoms with Crippen molar-refractivity contribution >= 4 is 29.9 Å². The zero-order chi connectivity index (χ0) is 20.5. The van der Waals surface area contributed by atoms with Gasteiger partial charge in [0, 0.05) is 50.7 Å². The maximum absolute atomic E-state index is 5.73. The van der Waals surface area contributed by atoms with Crippen LogP contribution in [0.15, 0.2) is 29.3 Å². The molecule has 2 fully saturated rings. The highest BCUT2D eigenvalue weighted by Gasteiger charge is 2.38. The summed E-state index contributed by atoms with van der Waals surface area (Å²) in [6.07, 6.45) is 6.05. The SMILES string of the molecule is CN=C(NCC1(c2ccccc2OC)CCCC1)N1CCC(COCCOC)C1.I. The number of nitrogens with one attached hydrogen (secondary N) is 1. The number of para-hydroxylation sites is 1. The van der Waals surface area contributed by atoms with Gasteiger partial charge in [-0.1, -0.05) is 31.0 Å². The Morgan fingerprint density at radius 3 is 2.67 bits per heavy atom. The first kappa shape index (κ1) is 25.2. The van der Waals surface area contributed by atoms with Crippen molar-refractivity contribution in [1.29, 1.82) is 0 Å². The number of hydrogen-bond acceptors (Lipinski definition) is 4. The topological polar surface area (TPSA) is 55.3 Å². The van der Waals surface area contributed by atoms with Crippen molar-refractivity contribution in [3.8, 4) is 5.75 Å². The molecular formula is C23H38IN3O3. The molecule has 0 aromatic heterocycles. The lowest BCUT2D eigenvalue weighted by molar-refractivity contribution is 0.0536. The molecule has 1 saturated carbocycles. The third-order valence-electron chi connectivity index (χ3n) is 6.41. The first-order valence-electron chi connectivity index (χ1n) is 10.9. The van der Waals surface area contributed by atoms with Gasteiger partial charge in [-0.05, 0) is 25.3 Å². The number of rotatable bonds is 9. The monoisotopic (exact) mass is 531 g/mol. The highest BCUT2D eigenvalue weighted by molar-refractivity contribution is 14.0. The fraction of sp³-hybridized carbons (Fsp3) is 0.696. The molecule has 0 radical (unpaired) electrons. The summed E-state index contributed by atoms with van der Waals surface area (Å²) in [4.78, 5) is 6.95. The van der Waals surface area contributed by atoms with Crippen LogP contribution >= 0.6 is 24.0 Å². The van der Waals surface area contributed by atoms with E-state index in [9.17, 15) is 0 Å². The predicted molar refractivity (Wildman–Crippen MR) is 132 cm³/mol. The summed E-state index contributed by atoms with van der Waals surface area (Å²) >= 11 is 0. The number of benzene rings is 1. The van der Waals surface area contributed by atoms with Crippen LogP contribution in [0.5, 0.6) is 5.75 Å². The predicted octanol–water partition coefficient (Wildman–Crippen LogP) is 3.69. The van der Waals surface area contributed by atoms with E-state index in [1.807, 2.05) is 7.05 Å². The molecule has 1 N–H and O–H groups in total. The van der Waals surface area contributed by atoms with Crippen molar-refractivity contribution in [2.24, 2.45) is 10.9 Å². The van der Waals surface area contributed by atoms with Crippen LogP contribution < -0.4 is 10.1 Å². The van der Waals surface area contributed by atoms with Gasteiger partial charge in [0.1, 0.15) is 5.75 Å². The maximum atomic E-state index is 5.73. The summed E-state index contributed by atoms with van der Waals surface area (Å²) in [6.45, 7) is 5.04. The zero-order valence-electron chi connectivity index (χ0n) is 18.7. The van der Waals surface area contributed by atoms with E-state index in [0.29, 0.717) is 19.1 Å². The van der Waals surface area contributed by atoms with Crippen LogP contribution in [0.2, 0.25) is 0 Å². The van der Waals surface area contributed by atoms with E-state index >= 15 is 0 Å². The number of hydrogen-bond donors (Lipinski definition) is 1. The molecule has 0 amide bonds. The number of aliphatic imine (C=N–C) groups is 1. The van der Waals surface area contributed by atoms with E-state index in [1.54, 1.807) is 14.2 Å². The Morgan fingerprint density at radius 2 is 1.97 bits per heavy atom. The Bertz CT molecular complexity index is 665. The van der Waals surface area contributed by atoms with Gasteiger partial charge in [0.05, 0.1) is 26.9 Å². The van der Waals surface area contributed by atoms with E-state index in [2.05, 4.69) is 39.5 Å². The molecule has 1 aliphatic carbocycles. The summed E-state index contributed by atoms with van der Waals surface area (Å²) in [5, 5.41) is 3.70. The van der Waals surface area contributed by atoms with Crippen molar-refractivity contribution < 1.29 is 14.2 Å². The van der Waals surface area contributed by atoms with Gasteiger partial charge in [-0.2, -0.15) is 0 Å². The third kappa shape index (κ3) is 6.23. The number of nitrogens with zero attached hydrogens (tertiary/aromatic N) is 2. The Morgan fingerprint density at radius 1 is 1.20 bits per heavy atom. The molecule has 7 heteroatoms. The Kier molecular flexibility index (Phi) is 10.7. The summed E-state index contributed by atoms with van der Waals surface area (Å²) in [7, 11) is 5.36. The molecule has 0 bridgehead atoms. The maximum Gasteiger partial charge on any atom is 0.193 e. The number of likely N-dealkylation sites (tertiary alicyclic amines) is 1.